The number of piperidine rings is 1. The van der Waals surface area contributed by atoms with Crippen LogP contribution in [0.4, 0.5) is 8.78 Å². The van der Waals surface area contributed by atoms with Crippen molar-refractivity contribution < 1.29 is 13.5 Å². The number of ether oxygens (including phenoxy) is 1. The van der Waals surface area contributed by atoms with Gasteiger partial charge in [-0.3, -0.25) is 0 Å². The molecule has 1 saturated heterocycles. The summed E-state index contributed by atoms with van der Waals surface area (Å²) in [5.74, 6) is 0.851. The summed E-state index contributed by atoms with van der Waals surface area (Å²) in [7, 11) is 0. The average molecular weight is 303 g/mol. The molecule has 2 aromatic rings. The maximum atomic E-state index is 13.1. The SMILES string of the molecule is Fc1ccc(OC[C@H]2CNCC[C@@H]2c2ccc(F)cc2)cc1. The monoisotopic (exact) mass is 303 g/mol. The summed E-state index contributed by atoms with van der Waals surface area (Å²) in [6, 6.07) is 12.8. The normalized spacial score (nSPS) is 21.5. The van der Waals surface area contributed by atoms with Crippen LogP contribution in [0.15, 0.2) is 48.5 Å². The number of nitrogens with one attached hydrogen (secondary N) is 1. The maximum Gasteiger partial charge on any atom is 0.123 e. The van der Waals surface area contributed by atoms with Crippen LogP contribution in [0, 0.1) is 17.6 Å². The molecule has 0 aliphatic carbocycles. The standard InChI is InChI=1S/C18H19F2NO/c19-15-3-1-13(2-4-15)18-9-10-21-11-14(18)12-22-17-7-5-16(20)6-8-17/h1-8,14,18,21H,9-12H2/t14-,18-/m1/s1. The number of hydrogen-bond donors (Lipinski definition) is 1. The summed E-state index contributed by atoms with van der Waals surface area (Å²) in [5, 5.41) is 3.38. The van der Waals surface area contributed by atoms with Gasteiger partial charge in [0.05, 0.1) is 6.61 Å². The van der Waals surface area contributed by atoms with Gasteiger partial charge >= 0.3 is 0 Å². The minimum absolute atomic E-state index is 0.211. The Labute approximate surface area is 129 Å². The van der Waals surface area contributed by atoms with Gasteiger partial charge in [0.25, 0.3) is 0 Å². The van der Waals surface area contributed by atoms with Crippen molar-refractivity contribution in [1.29, 1.82) is 0 Å². The van der Waals surface area contributed by atoms with Crippen molar-refractivity contribution in [2.45, 2.75) is 12.3 Å². The molecular weight excluding hydrogens is 284 g/mol. The molecule has 0 aromatic heterocycles. The Kier molecular flexibility index (Phi) is 4.68. The Morgan fingerprint density at radius 3 is 2.27 bits per heavy atom. The van der Waals surface area contributed by atoms with Gasteiger partial charge in [0.2, 0.25) is 0 Å². The van der Waals surface area contributed by atoms with E-state index in [0.717, 1.165) is 25.1 Å². The van der Waals surface area contributed by atoms with Gasteiger partial charge in [0, 0.05) is 12.5 Å². The highest BCUT2D eigenvalue weighted by Crippen LogP contribution is 2.31. The van der Waals surface area contributed by atoms with Crippen LogP contribution < -0.4 is 10.1 Å². The van der Waals surface area contributed by atoms with Crippen LogP contribution in [-0.2, 0) is 0 Å². The molecule has 1 aliphatic heterocycles. The van der Waals surface area contributed by atoms with Crippen LogP contribution in [-0.4, -0.2) is 19.7 Å². The minimum atomic E-state index is -0.268. The predicted octanol–water partition coefficient (Wildman–Crippen LogP) is 3.74. The third-order valence-electron chi connectivity index (χ3n) is 4.18. The fourth-order valence-corrected chi connectivity index (χ4v) is 2.98. The molecule has 0 radical (unpaired) electrons. The van der Waals surface area contributed by atoms with Gasteiger partial charge in [-0.25, -0.2) is 8.78 Å². The molecule has 3 rings (SSSR count). The molecule has 0 saturated carbocycles. The van der Waals surface area contributed by atoms with Crippen molar-refractivity contribution >= 4 is 0 Å². The van der Waals surface area contributed by atoms with E-state index in [1.54, 1.807) is 12.1 Å². The van der Waals surface area contributed by atoms with E-state index in [1.807, 2.05) is 12.1 Å². The first kappa shape index (κ1) is 15.0. The van der Waals surface area contributed by atoms with E-state index in [-0.39, 0.29) is 11.6 Å². The molecule has 1 fully saturated rings. The molecule has 1 aliphatic rings. The van der Waals surface area contributed by atoms with Crippen molar-refractivity contribution in [3.63, 3.8) is 0 Å². The van der Waals surface area contributed by atoms with E-state index in [9.17, 15) is 8.78 Å². The quantitative estimate of drug-likeness (QED) is 0.929. The second-order valence-corrected chi connectivity index (χ2v) is 5.68. The topological polar surface area (TPSA) is 21.3 Å². The number of halogens is 2. The zero-order chi connectivity index (χ0) is 15.4. The van der Waals surface area contributed by atoms with Crippen molar-refractivity contribution in [3.8, 4) is 5.75 Å². The first-order valence-electron chi connectivity index (χ1n) is 7.57. The first-order chi connectivity index (χ1) is 10.7. The van der Waals surface area contributed by atoms with Crippen LogP contribution >= 0.6 is 0 Å². The average Bonchev–Trinajstić information content (AvgIpc) is 2.55. The smallest absolute Gasteiger partial charge is 0.123 e. The van der Waals surface area contributed by atoms with Crippen LogP contribution in [0.3, 0.4) is 0 Å². The summed E-state index contributed by atoms with van der Waals surface area (Å²) < 4.78 is 31.8. The lowest BCUT2D eigenvalue weighted by Gasteiger charge is -2.32. The third-order valence-corrected chi connectivity index (χ3v) is 4.18. The second kappa shape index (κ2) is 6.88. The van der Waals surface area contributed by atoms with E-state index in [0.29, 0.717) is 24.2 Å². The van der Waals surface area contributed by atoms with Gasteiger partial charge in [-0.1, -0.05) is 12.1 Å². The summed E-state index contributed by atoms with van der Waals surface area (Å²) in [6.45, 7) is 2.37. The molecule has 4 heteroatoms. The molecule has 2 nitrogen and oxygen atoms in total. The van der Waals surface area contributed by atoms with Gasteiger partial charge in [-0.2, -0.15) is 0 Å². The Hall–Kier alpha value is -1.94. The van der Waals surface area contributed by atoms with Gasteiger partial charge in [0.1, 0.15) is 17.4 Å². The summed E-state index contributed by atoms with van der Waals surface area (Å²) in [4.78, 5) is 0. The largest absolute Gasteiger partial charge is 0.493 e. The van der Waals surface area contributed by atoms with Gasteiger partial charge in [0.15, 0.2) is 0 Å². The summed E-state index contributed by atoms with van der Waals surface area (Å²) in [5.41, 5.74) is 1.15. The number of hydrogen-bond acceptors (Lipinski definition) is 2. The van der Waals surface area contributed by atoms with Crippen LogP contribution in [0.25, 0.3) is 0 Å². The third kappa shape index (κ3) is 3.63. The molecule has 2 atom stereocenters. The Morgan fingerprint density at radius 2 is 1.59 bits per heavy atom. The Morgan fingerprint density at radius 1 is 0.955 bits per heavy atom. The highest BCUT2D eigenvalue weighted by molar-refractivity contribution is 5.24. The molecule has 0 amide bonds. The molecule has 116 valence electrons. The van der Waals surface area contributed by atoms with Gasteiger partial charge in [-0.15, -0.1) is 0 Å². The van der Waals surface area contributed by atoms with Crippen molar-refractivity contribution in [2.75, 3.05) is 19.7 Å². The van der Waals surface area contributed by atoms with E-state index in [1.165, 1.54) is 24.3 Å². The number of benzene rings is 2. The van der Waals surface area contributed by atoms with Crippen molar-refractivity contribution in [3.05, 3.63) is 65.7 Å². The minimum Gasteiger partial charge on any atom is -0.493 e. The second-order valence-electron chi connectivity index (χ2n) is 5.68. The van der Waals surface area contributed by atoms with Crippen LogP contribution in [0.5, 0.6) is 5.75 Å². The highest BCUT2D eigenvalue weighted by Gasteiger charge is 2.27. The fraction of sp³-hybridized carbons (Fsp3) is 0.333. The summed E-state index contributed by atoms with van der Waals surface area (Å²) >= 11 is 0. The Bertz CT molecular complexity index is 597. The molecule has 22 heavy (non-hydrogen) atoms. The summed E-state index contributed by atoms with van der Waals surface area (Å²) in [6.07, 6.45) is 1.00. The molecule has 2 aromatic carbocycles. The maximum absolute atomic E-state index is 13.1. The van der Waals surface area contributed by atoms with Crippen LogP contribution in [0.1, 0.15) is 17.9 Å². The lowest BCUT2D eigenvalue weighted by Crippen LogP contribution is -2.38. The molecule has 0 unspecified atom stereocenters. The fourth-order valence-electron chi connectivity index (χ4n) is 2.98. The first-order valence-corrected chi connectivity index (χ1v) is 7.57. The van der Waals surface area contributed by atoms with Crippen LogP contribution in [0.2, 0.25) is 0 Å². The molecule has 1 N–H and O–H groups in total. The highest BCUT2D eigenvalue weighted by atomic mass is 19.1. The van der Waals surface area contributed by atoms with E-state index >= 15 is 0 Å². The zero-order valence-electron chi connectivity index (χ0n) is 12.3. The van der Waals surface area contributed by atoms with Crippen molar-refractivity contribution in [1.82, 2.24) is 5.32 Å². The zero-order valence-corrected chi connectivity index (χ0v) is 12.3. The Balaban J connectivity index is 1.67. The molecule has 0 bridgehead atoms. The number of rotatable bonds is 4. The lowest BCUT2D eigenvalue weighted by atomic mass is 9.81. The molecule has 1 heterocycles. The molecular formula is C18H19F2NO. The predicted molar refractivity (Wildman–Crippen MR) is 82.0 cm³/mol. The molecule has 0 spiro atoms. The van der Waals surface area contributed by atoms with Crippen molar-refractivity contribution in [2.24, 2.45) is 5.92 Å². The lowest BCUT2D eigenvalue weighted by molar-refractivity contribution is 0.197. The van der Waals surface area contributed by atoms with E-state index in [2.05, 4.69) is 5.32 Å². The van der Waals surface area contributed by atoms with Gasteiger partial charge < -0.3 is 10.1 Å². The van der Waals surface area contributed by atoms with E-state index in [4.69, 9.17) is 4.74 Å². The van der Waals surface area contributed by atoms with Gasteiger partial charge in [-0.05, 0) is 60.8 Å². The van der Waals surface area contributed by atoms with E-state index < -0.39 is 0 Å².